The van der Waals surface area contributed by atoms with Crippen LogP contribution in [-0.2, 0) is 0 Å². The quantitative estimate of drug-likeness (QED) is 0.664. The Morgan fingerprint density at radius 1 is 0.867 bits per heavy atom. The van der Waals surface area contributed by atoms with E-state index < -0.39 is 0 Å². The van der Waals surface area contributed by atoms with E-state index in [0.717, 1.165) is 81.0 Å². The number of anilines is 2. The molecule has 0 unspecified atom stereocenters. The highest BCUT2D eigenvalue weighted by molar-refractivity contribution is 5.95. The number of hydrogen-bond acceptors (Lipinski definition) is 6. The normalized spacial score (nSPS) is 17.9. The summed E-state index contributed by atoms with van der Waals surface area (Å²) in [7, 11) is 0. The van der Waals surface area contributed by atoms with Gasteiger partial charge in [-0.2, -0.15) is 4.98 Å². The third-order valence-corrected chi connectivity index (χ3v) is 6.01. The molecule has 0 spiro atoms. The molecule has 0 radical (unpaired) electrons. The van der Waals surface area contributed by atoms with Crippen LogP contribution in [0.25, 0.3) is 11.1 Å². The zero-order valence-corrected chi connectivity index (χ0v) is 17.2. The van der Waals surface area contributed by atoms with E-state index in [9.17, 15) is 4.79 Å². The Balaban J connectivity index is 1.29. The third kappa shape index (κ3) is 3.84. The lowest BCUT2D eigenvalue weighted by Crippen LogP contribution is -2.36. The molecule has 1 aromatic carbocycles. The summed E-state index contributed by atoms with van der Waals surface area (Å²) in [4.78, 5) is 28.5. The molecule has 7 nitrogen and oxygen atoms in total. The molecule has 0 bridgehead atoms. The second kappa shape index (κ2) is 8.34. The van der Waals surface area contributed by atoms with E-state index in [4.69, 9.17) is 4.42 Å². The molecule has 0 N–H and O–H groups in total. The Bertz CT molecular complexity index is 994. The van der Waals surface area contributed by atoms with Crippen LogP contribution in [0.3, 0.4) is 0 Å². The van der Waals surface area contributed by atoms with Crippen molar-refractivity contribution >= 4 is 28.8 Å². The smallest absolute Gasteiger partial charge is 0.298 e. The first-order chi connectivity index (χ1) is 14.8. The van der Waals surface area contributed by atoms with Gasteiger partial charge in [-0.15, -0.1) is 0 Å². The van der Waals surface area contributed by atoms with Crippen LogP contribution in [-0.4, -0.2) is 60.0 Å². The van der Waals surface area contributed by atoms with Gasteiger partial charge in [0.25, 0.3) is 11.9 Å². The SMILES string of the molecule is O=C(c1ccnc(N2CCCN(c3nc4ccccc4o3)CC2)c1)N1CCCCC1. The molecule has 1 amide bonds. The molecule has 5 rings (SSSR count). The predicted molar refractivity (Wildman–Crippen MR) is 117 cm³/mol. The van der Waals surface area contributed by atoms with E-state index in [2.05, 4.69) is 19.8 Å². The highest BCUT2D eigenvalue weighted by Crippen LogP contribution is 2.24. The van der Waals surface area contributed by atoms with Crippen molar-refractivity contribution in [1.82, 2.24) is 14.9 Å². The van der Waals surface area contributed by atoms with Gasteiger partial charge < -0.3 is 19.1 Å². The minimum absolute atomic E-state index is 0.126. The molecular formula is C23H27N5O2. The summed E-state index contributed by atoms with van der Waals surface area (Å²) in [6.07, 6.45) is 6.15. The van der Waals surface area contributed by atoms with Crippen molar-refractivity contribution in [3.63, 3.8) is 0 Å². The molecule has 2 aromatic heterocycles. The van der Waals surface area contributed by atoms with Crippen LogP contribution in [0.1, 0.15) is 36.0 Å². The molecule has 3 aromatic rings. The number of nitrogens with zero attached hydrogens (tertiary/aromatic N) is 5. The minimum Gasteiger partial charge on any atom is -0.423 e. The summed E-state index contributed by atoms with van der Waals surface area (Å²) in [6, 6.07) is 12.3. The van der Waals surface area contributed by atoms with Crippen LogP contribution in [0, 0.1) is 0 Å². The molecule has 0 atom stereocenters. The average Bonchev–Trinajstić information content (AvgIpc) is 3.08. The van der Waals surface area contributed by atoms with Gasteiger partial charge in [-0.3, -0.25) is 4.79 Å². The molecule has 156 valence electrons. The third-order valence-electron chi connectivity index (χ3n) is 6.01. The topological polar surface area (TPSA) is 65.7 Å². The molecule has 0 saturated carbocycles. The number of para-hydroxylation sites is 2. The largest absolute Gasteiger partial charge is 0.423 e. The van der Waals surface area contributed by atoms with E-state index in [0.29, 0.717) is 6.01 Å². The number of piperidine rings is 1. The van der Waals surface area contributed by atoms with Crippen LogP contribution >= 0.6 is 0 Å². The first-order valence-corrected chi connectivity index (χ1v) is 10.9. The van der Waals surface area contributed by atoms with Gasteiger partial charge in [-0.05, 0) is 49.9 Å². The Morgan fingerprint density at radius 3 is 2.53 bits per heavy atom. The summed E-state index contributed by atoms with van der Waals surface area (Å²) in [5, 5.41) is 0. The number of aromatic nitrogens is 2. The van der Waals surface area contributed by atoms with Crippen LogP contribution in [0.5, 0.6) is 0 Å². The van der Waals surface area contributed by atoms with Gasteiger partial charge in [0.2, 0.25) is 0 Å². The second-order valence-corrected chi connectivity index (χ2v) is 8.05. The monoisotopic (exact) mass is 405 g/mol. The first-order valence-electron chi connectivity index (χ1n) is 10.9. The van der Waals surface area contributed by atoms with E-state index >= 15 is 0 Å². The van der Waals surface area contributed by atoms with Crippen molar-refractivity contribution in [2.75, 3.05) is 49.1 Å². The minimum atomic E-state index is 0.126. The lowest BCUT2D eigenvalue weighted by Gasteiger charge is -2.27. The van der Waals surface area contributed by atoms with Gasteiger partial charge >= 0.3 is 0 Å². The summed E-state index contributed by atoms with van der Waals surface area (Å²) in [5.74, 6) is 0.999. The molecule has 2 aliphatic heterocycles. The Kier molecular flexibility index (Phi) is 5.26. The Labute approximate surface area is 176 Å². The molecule has 0 aliphatic carbocycles. The zero-order chi connectivity index (χ0) is 20.3. The summed E-state index contributed by atoms with van der Waals surface area (Å²) < 4.78 is 5.95. The summed E-state index contributed by atoms with van der Waals surface area (Å²) in [6.45, 7) is 5.12. The van der Waals surface area contributed by atoms with Crippen molar-refractivity contribution in [2.45, 2.75) is 25.7 Å². The van der Waals surface area contributed by atoms with Gasteiger partial charge in [0.05, 0.1) is 0 Å². The van der Waals surface area contributed by atoms with Gasteiger partial charge in [-0.25, -0.2) is 4.98 Å². The average molecular weight is 406 g/mol. The molecule has 2 saturated heterocycles. The molecule has 2 aliphatic rings. The van der Waals surface area contributed by atoms with E-state index in [1.807, 2.05) is 41.3 Å². The van der Waals surface area contributed by atoms with Crippen molar-refractivity contribution < 1.29 is 9.21 Å². The summed E-state index contributed by atoms with van der Waals surface area (Å²) >= 11 is 0. The molecule has 2 fully saturated rings. The van der Waals surface area contributed by atoms with Crippen molar-refractivity contribution in [3.05, 3.63) is 48.2 Å². The molecular weight excluding hydrogens is 378 g/mol. The lowest BCUT2D eigenvalue weighted by molar-refractivity contribution is 0.0724. The Hall–Kier alpha value is -3.09. The van der Waals surface area contributed by atoms with Crippen molar-refractivity contribution in [3.8, 4) is 0 Å². The molecule has 7 heteroatoms. The first kappa shape index (κ1) is 18.9. The standard InChI is InChI=1S/C23H27N5O2/c29-22(27-11-4-1-5-12-27)18-9-10-24-21(17-18)26-13-6-14-28(16-15-26)23-25-19-7-2-3-8-20(19)30-23/h2-3,7-10,17H,1,4-6,11-16H2. The van der Waals surface area contributed by atoms with Crippen LogP contribution < -0.4 is 9.80 Å². The van der Waals surface area contributed by atoms with Crippen molar-refractivity contribution in [1.29, 1.82) is 0 Å². The lowest BCUT2D eigenvalue weighted by atomic mass is 10.1. The predicted octanol–water partition coefficient (Wildman–Crippen LogP) is 3.57. The summed E-state index contributed by atoms with van der Waals surface area (Å²) in [5.41, 5.74) is 2.44. The van der Waals surface area contributed by atoms with Crippen LogP contribution in [0.2, 0.25) is 0 Å². The number of benzene rings is 1. The number of hydrogen-bond donors (Lipinski definition) is 0. The fourth-order valence-corrected chi connectivity index (χ4v) is 4.34. The van der Waals surface area contributed by atoms with Gasteiger partial charge in [0, 0.05) is 51.0 Å². The molecule has 30 heavy (non-hydrogen) atoms. The zero-order valence-electron chi connectivity index (χ0n) is 17.2. The van der Waals surface area contributed by atoms with Gasteiger partial charge in [0.1, 0.15) is 11.3 Å². The maximum atomic E-state index is 12.9. The van der Waals surface area contributed by atoms with Crippen LogP contribution in [0.15, 0.2) is 47.0 Å². The van der Waals surface area contributed by atoms with Crippen molar-refractivity contribution in [2.24, 2.45) is 0 Å². The maximum absolute atomic E-state index is 12.9. The number of amides is 1. The fraction of sp³-hybridized carbons (Fsp3) is 0.435. The van der Waals surface area contributed by atoms with Gasteiger partial charge in [-0.1, -0.05) is 12.1 Å². The van der Waals surface area contributed by atoms with Gasteiger partial charge in [0.15, 0.2) is 5.58 Å². The number of carbonyl (C=O) groups excluding carboxylic acids is 1. The number of fused-ring (bicyclic) bond motifs is 1. The Morgan fingerprint density at radius 2 is 1.67 bits per heavy atom. The maximum Gasteiger partial charge on any atom is 0.298 e. The highest BCUT2D eigenvalue weighted by Gasteiger charge is 2.22. The number of pyridine rings is 1. The van der Waals surface area contributed by atoms with E-state index in [1.165, 1.54) is 6.42 Å². The highest BCUT2D eigenvalue weighted by atomic mass is 16.4. The van der Waals surface area contributed by atoms with E-state index in [1.54, 1.807) is 6.20 Å². The second-order valence-electron chi connectivity index (χ2n) is 8.05. The van der Waals surface area contributed by atoms with E-state index in [-0.39, 0.29) is 5.91 Å². The number of likely N-dealkylation sites (tertiary alicyclic amines) is 1. The fourth-order valence-electron chi connectivity index (χ4n) is 4.34. The number of oxazole rings is 1. The number of carbonyl (C=O) groups is 1. The number of rotatable bonds is 3. The molecule has 4 heterocycles. The van der Waals surface area contributed by atoms with Crippen LogP contribution in [0.4, 0.5) is 11.8 Å².